The molecule has 22 heavy (non-hydrogen) atoms. The highest BCUT2D eigenvalue weighted by Crippen LogP contribution is 2.16. The second-order valence-corrected chi connectivity index (χ2v) is 5.58. The van der Waals surface area contributed by atoms with Crippen LogP contribution in [0.2, 0.25) is 0 Å². The van der Waals surface area contributed by atoms with Gasteiger partial charge in [-0.05, 0) is 49.2 Å². The molecule has 1 amide bonds. The number of ether oxygens (including phenoxy) is 1. The van der Waals surface area contributed by atoms with E-state index in [1.165, 1.54) is 4.63 Å². The summed E-state index contributed by atoms with van der Waals surface area (Å²) >= 11 is 0. The molecule has 0 aromatic carbocycles. The minimum atomic E-state index is -0.235. The zero-order chi connectivity index (χ0) is 15.5. The zero-order valence-electron chi connectivity index (χ0n) is 12.6. The van der Waals surface area contributed by atoms with Crippen molar-refractivity contribution in [1.82, 2.24) is 30.2 Å². The van der Waals surface area contributed by atoms with Gasteiger partial charge in [-0.25, -0.2) is 4.79 Å². The minimum Gasteiger partial charge on any atom is -0.447 e. The van der Waals surface area contributed by atoms with Crippen molar-refractivity contribution >= 4 is 17.6 Å². The molecule has 1 saturated heterocycles. The number of amides is 1. The lowest BCUT2D eigenvalue weighted by Gasteiger charge is -2.32. The van der Waals surface area contributed by atoms with Crippen LogP contribution in [0.15, 0.2) is 12.1 Å². The average Bonchev–Trinajstić information content (AvgIpc) is 2.95. The number of piperidine rings is 1. The van der Waals surface area contributed by atoms with E-state index in [1.54, 1.807) is 4.90 Å². The highest BCUT2D eigenvalue weighted by Gasteiger charge is 2.24. The number of tetrazole rings is 1. The van der Waals surface area contributed by atoms with Gasteiger partial charge in [-0.1, -0.05) is 0 Å². The van der Waals surface area contributed by atoms with Crippen molar-refractivity contribution in [3.8, 4) is 0 Å². The zero-order valence-corrected chi connectivity index (χ0v) is 12.6. The summed E-state index contributed by atoms with van der Waals surface area (Å²) < 4.78 is 6.60. The van der Waals surface area contributed by atoms with Crippen LogP contribution >= 0.6 is 0 Å². The topological polar surface area (TPSA) is 97.5 Å². The normalized spacial score (nSPS) is 16.2. The Morgan fingerprint density at radius 2 is 2.14 bits per heavy atom. The molecule has 1 fully saturated rings. The molecule has 1 aliphatic rings. The van der Waals surface area contributed by atoms with E-state index in [-0.39, 0.29) is 18.2 Å². The van der Waals surface area contributed by atoms with Crippen LogP contribution in [-0.2, 0) is 4.74 Å². The SMILES string of the molecule is CC(C)OC(=O)N1CCC(Nc2ccc3nnnn3n2)CC1. The summed E-state index contributed by atoms with van der Waals surface area (Å²) in [7, 11) is 0. The first-order valence-electron chi connectivity index (χ1n) is 7.39. The number of carbonyl (C=O) groups excluding carboxylic acids is 1. The van der Waals surface area contributed by atoms with Crippen LogP contribution in [0.4, 0.5) is 10.6 Å². The highest BCUT2D eigenvalue weighted by atomic mass is 16.6. The quantitative estimate of drug-likeness (QED) is 0.901. The van der Waals surface area contributed by atoms with Gasteiger partial charge in [0.15, 0.2) is 5.65 Å². The van der Waals surface area contributed by atoms with E-state index >= 15 is 0 Å². The summed E-state index contributed by atoms with van der Waals surface area (Å²) in [4.78, 5) is 13.6. The van der Waals surface area contributed by atoms with Gasteiger partial charge in [0.05, 0.1) is 6.10 Å². The highest BCUT2D eigenvalue weighted by molar-refractivity contribution is 5.67. The molecule has 9 nitrogen and oxygen atoms in total. The molecule has 3 heterocycles. The predicted octanol–water partition coefficient (Wildman–Crippen LogP) is 0.941. The van der Waals surface area contributed by atoms with Crippen molar-refractivity contribution in [3.05, 3.63) is 12.1 Å². The van der Waals surface area contributed by atoms with Crippen LogP contribution in [-0.4, -0.2) is 61.5 Å². The van der Waals surface area contributed by atoms with Gasteiger partial charge >= 0.3 is 6.09 Å². The fraction of sp³-hybridized carbons (Fsp3) is 0.615. The predicted molar refractivity (Wildman–Crippen MR) is 78.4 cm³/mol. The van der Waals surface area contributed by atoms with Gasteiger partial charge in [0, 0.05) is 19.1 Å². The number of hydrogen-bond acceptors (Lipinski definition) is 7. The molecule has 0 radical (unpaired) electrons. The Hall–Kier alpha value is -2.45. The Morgan fingerprint density at radius 3 is 2.86 bits per heavy atom. The second kappa shape index (κ2) is 6.12. The number of hydrogen-bond donors (Lipinski definition) is 1. The van der Waals surface area contributed by atoms with Gasteiger partial charge in [0.1, 0.15) is 5.82 Å². The maximum absolute atomic E-state index is 11.8. The Labute approximate surface area is 127 Å². The fourth-order valence-corrected chi connectivity index (χ4v) is 2.42. The van der Waals surface area contributed by atoms with Gasteiger partial charge in [0.2, 0.25) is 0 Å². The summed E-state index contributed by atoms with van der Waals surface area (Å²) in [5.74, 6) is 0.725. The summed E-state index contributed by atoms with van der Waals surface area (Å²) in [6.45, 7) is 5.06. The molecule has 0 atom stereocenters. The number of fused-ring (bicyclic) bond motifs is 1. The summed E-state index contributed by atoms with van der Waals surface area (Å²) in [6, 6.07) is 3.93. The van der Waals surface area contributed by atoms with Crippen LogP contribution in [0.25, 0.3) is 5.65 Å². The smallest absolute Gasteiger partial charge is 0.410 e. The maximum Gasteiger partial charge on any atom is 0.410 e. The molecule has 1 N–H and O–H groups in total. The number of carbonyl (C=O) groups is 1. The second-order valence-electron chi connectivity index (χ2n) is 5.58. The van der Waals surface area contributed by atoms with Crippen molar-refractivity contribution in [2.24, 2.45) is 0 Å². The molecule has 0 spiro atoms. The molecule has 0 unspecified atom stereocenters. The molecule has 118 valence electrons. The van der Waals surface area contributed by atoms with Gasteiger partial charge in [0.25, 0.3) is 0 Å². The number of nitrogens with one attached hydrogen (secondary N) is 1. The molecule has 2 aromatic heterocycles. The Bertz CT molecular complexity index is 649. The number of anilines is 1. The van der Waals surface area contributed by atoms with E-state index in [0.717, 1.165) is 18.7 Å². The van der Waals surface area contributed by atoms with Gasteiger partial charge < -0.3 is 15.0 Å². The number of likely N-dealkylation sites (tertiary alicyclic amines) is 1. The lowest BCUT2D eigenvalue weighted by atomic mass is 10.1. The van der Waals surface area contributed by atoms with Crippen molar-refractivity contribution in [2.75, 3.05) is 18.4 Å². The van der Waals surface area contributed by atoms with Crippen LogP contribution in [0, 0.1) is 0 Å². The van der Waals surface area contributed by atoms with Crippen LogP contribution in [0.5, 0.6) is 0 Å². The first-order valence-corrected chi connectivity index (χ1v) is 7.39. The first-order chi connectivity index (χ1) is 10.6. The molecular weight excluding hydrogens is 286 g/mol. The van der Waals surface area contributed by atoms with Crippen molar-refractivity contribution < 1.29 is 9.53 Å². The maximum atomic E-state index is 11.8. The third kappa shape index (κ3) is 3.23. The Morgan fingerprint density at radius 1 is 1.36 bits per heavy atom. The van der Waals surface area contributed by atoms with Crippen molar-refractivity contribution in [3.63, 3.8) is 0 Å². The molecule has 9 heteroatoms. The lowest BCUT2D eigenvalue weighted by molar-refractivity contribution is 0.0701. The summed E-state index contributed by atoms with van der Waals surface area (Å²) in [5, 5.41) is 18.8. The molecular formula is C13H19N7O2. The van der Waals surface area contributed by atoms with E-state index in [0.29, 0.717) is 18.7 Å². The van der Waals surface area contributed by atoms with E-state index in [9.17, 15) is 4.79 Å². The average molecular weight is 305 g/mol. The van der Waals surface area contributed by atoms with Crippen molar-refractivity contribution in [1.29, 1.82) is 0 Å². The summed E-state index contributed by atoms with van der Waals surface area (Å²) in [5.41, 5.74) is 0.608. The third-order valence-electron chi connectivity index (χ3n) is 3.51. The number of rotatable bonds is 3. The molecule has 0 aliphatic carbocycles. The fourth-order valence-electron chi connectivity index (χ4n) is 2.42. The van der Waals surface area contributed by atoms with E-state index in [1.807, 2.05) is 26.0 Å². The van der Waals surface area contributed by atoms with E-state index < -0.39 is 0 Å². The molecule has 3 rings (SSSR count). The minimum absolute atomic E-state index is 0.0874. The monoisotopic (exact) mass is 305 g/mol. The van der Waals surface area contributed by atoms with E-state index in [4.69, 9.17) is 4.74 Å². The van der Waals surface area contributed by atoms with Gasteiger partial charge in [-0.15, -0.1) is 14.8 Å². The Kier molecular flexibility index (Phi) is 4.03. The Balaban J connectivity index is 1.54. The van der Waals surface area contributed by atoms with Gasteiger partial charge in [-0.2, -0.15) is 0 Å². The first kappa shape index (κ1) is 14.5. The third-order valence-corrected chi connectivity index (χ3v) is 3.51. The summed E-state index contributed by atoms with van der Waals surface area (Å²) in [6.07, 6.45) is 1.38. The molecule has 0 saturated carbocycles. The number of nitrogens with zero attached hydrogens (tertiary/aromatic N) is 6. The standard InChI is InChI=1S/C13H19N7O2/c1-9(2)22-13(21)19-7-5-10(6-8-19)14-11-3-4-12-15-17-18-20(12)16-11/h3-4,9-10H,5-8H2,1-2H3,(H,14,16). The van der Waals surface area contributed by atoms with Gasteiger partial charge in [-0.3, -0.25) is 0 Å². The largest absolute Gasteiger partial charge is 0.447 e. The lowest BCUT2D eigenvalue weighted by Crippen LogP contribution is -2.43. The molecule has 1 aliphatic heterocycles. The van der Waals surface area contributed by atoms with E-state index in [2.05, 4.69) is 25.9 Å². The molecule has 2 aromatic rings. The van der Waals surface area contributed by atoms with Crippen LogP contribution < -0.4 is 5.32 Å². The molecule has 0 bridgehead atoms. The number of aromatic nitrogens is 5. The van der Waals surface area contributed by atoms with Crippen LogP contribution in [0.1, 0.15) is 26.7 Å². The van der Waals surface area contributed by atoms with Crippen LogP contribution in [0.3, 0.4) is 0 Å². The van der Waals surface area contributed by atoms with Crippen molar-refractivity contribution in [2.45, 2.75) is 38.8 Å².